The Morgan fingerprint density at radius 2 is 2.10 bits per heavy atom. The van der Waals surface area contributed by atoms with Crippen LogP contribution in [0.4, 0.5) is 0 Å². The van der Waals surface area contributed by atoms with Crippen molar-refractivity contribution in [1.29, 1.82) is 0 Å². The molecule has 0 spiro atoms. The molecule has 2 aliphatic rings. The van der Waals surface area contributed by atoms with Crippen LogP contribution in [0.15, 0.2) is 12.3 Å². The van der Waals surface area contributed by atoms with E-state index in [1.807, 2.05) is 17.9 Å². The van der Waals surface area contributed by atoms with Gasteiger partial charge < -0.3 is 4.90 Å². The Kier molecular flexibility index (Phi) is 2.86. The van der Waals surface area contributed by atoms with E-state index in [9.17, 15) is 0 Å². The molecule has 0 amide bonds. The van der Waals surface area contributed by atoms with Crippen molar-refractivity contribution >= 4 is 10.9 Å². The monoisotopic (exact) mass is 284 g/mol. The van der Waals surface area contributed by atoms with Gasteiger partial charge in [0.2, 0.25) is 0 Å². The Bertz CT molecular complexity index is 685. The highest BCUT2D eigenvalue weighted by molar-refractivity contribution is 5.81. The van der Waals surface area contributed by atoms with Gasteiger partial charge in [-0.1, -0.05) is 12.8 Å². The van der Waals surface area contributed by atoms with E-state index in [-0.39, 0.29) is 5.41 Å². The first kappa shape index (κ1) is 13.3. The summed E-state index contributed by atoms with van der Waals surface area (Å²) in [5, 5.41) is 5.73. The summed E-state index contributed by atoms with van der Waals surface area (Å²) in [6, 6.07) is 2.98. The molecule has 0 bridgehead atoms. The van der Waals surface area contributed by atoms with E-state index in [1.165, 1.54) is 55.2 Å². The lowest BCUT2D eigenvalue weighted by molar-refractivity contribution is 0.178. The second kappa shape index (κ2) is 4.54. The average Bonchev–Trinajstić information content (AvgIpc) is 2.99. The standard InChI is InChI=1S/C17H24N4/c1-12-13-11-18-15(10-14(13)21(3)19-12)17-7-5-4-6-16(17)20(2)9-8-17/h10-11,16H,4-9H2,1-3H3. The quantitative estimate of drug-likeness (QED) is 0.807. The largest absolute Gasteiger partial charge is 0.302 e. The summed E-state index contributed by atoms with van der Waals surface area (Å²) in [6.45, 7) is 3.27. The Balaban J connectivity index is 1.86. The van der Waals surface area contributed by atoms with Crippen LogP contribution in [-0.4, -0.2) is 39.3 Å². The molecule has 1 aliphatic heterocycles. The molecule has 4 rings (SSSR count). The fourth-order valence-electron chi connectivity index (χ4n) is 4.71. The van der Waals surface area contributed by atoms with E-state index in [4.69, 9.17) is 4.98 Å². The number of aryl methyl sites for hydroxylation is 2. The fraction of sp³-hybridized carbons (Fsp3) is 0.647. The lowest BCUT2D eigenvalue weighted by atomic mass is 9.68. The molecule has 3 heterocycles. The highest BCUT2D eigenvalue weighted by Crippen LogP contribution is 2.48. The predicted octanol–water partition coefficient (Wildman–Crippen LogP) is 2.79. The lowest BCUT2D eigenvalue weighted by Crippen LogP contribution is -2.44. The van der Waals surface area contributed by atoms with Crippen LogP contribution in [0.2, 0.25) is 0 Å². The summed E-state index contributed by atoms with van der Waals surface area (Å²) < 4.78 is 2.00. The number of likely N-dealkylation sites (tertiary alicyclic amines) is 1. The number of nitrogens with zero attached hydrogens (tertiary/aromatic N) is 4. The summed E-state index contributed by atoms with van der Waals surface area (Å²) in [5.74, 6) is 0. The molecule has 21 heavy (non-hydrogen) atoms. The van der Waals surface area contributed by atoms with Crippen molar-refractivity contribution in [2.24, 2.45) is 7.05 Å². The van der Waals surface area contributed by atoms with Gasteiger partial charge in [0, 0.05) is 30.1 Å². The van der Waals surface area contributed by atoms with Crippen molar-refractivity contribution in [2.75, 3.05) is 13.6 Å². The molecule has 2 aromatic heterocycles. The molecule has 4 heteroatoms. The maximum Gasteiger partial charge on any atom is 0.0715 e. The maximum absolute atomic E-state index is 4.89. The molecular weight excluding hydrogens is 260 g/mol. The van der Waals surface area contributed by atoms with Gasteiger partial charge in [-0.3, -0.25) is 9.67 Å². The van der Waals surface area contributed by atoms with E-state index >= 15 is 0 Å². The number of rotatable bonds is 1. The smallest absolute Gasteiger partial charge is 0.0715 e. The van der Waals surface area contributed by atoms with E-state index in [0.717, 1.165) is 5.69 Å². The highest BCUT2D eigenvalue weighted by Gasteiger charge is 2.49. The van der Waals surface area contributed by atoms with Gasteiger partial charge in [0.15, 0.2) is 0 Å². The van der Waals surface area contributed by atoms with Crippen LogP contribution >= 0.6 is 0 Å². The summed E-state index contributed by atoms with van der Waals surface area (Å²) in [5.41, 5.74) is 3.88. The van der Waals surface area contributed by atoms with Crippen LogP contribution in [0.25, 0.3) is 10.9 Å². The van der Waals surface area contributed by atoms with E-state index in [0.29, 0.717) is 6.04 Å². The number of hydrogen-bond acceptors (Lipinski definition) is 3. The van der Waals surface area contributed by atoms with Crippen LogP contribution in [0.5, 0.6) is 0 Å². The normalized spacial score (nSPS) is 30.0. The minimum absolute atomic E-state index is 0.277. The van der Waals surface area contributed by atoms with Gasteiger partial charge in [0.1, 0.15) is 0 Å². The highest BCUT2D eigenvalue weighted by atomic mass is 15.3. The first-order valence-electron chi connectivity index (χ1n) is 8.12. The summed E-state index contributed by atoms with van der Waals surface area (Å²) >= 11 is 0. The molecule has 2 atom stereocenters. The van der Waals surface area contributed by atoms with Gasteiger partial charge in [-0.25, -0.2) is 0 Å². The van der Waals surface area contributed by atoms with Crippen molar-refractivity contribution in [3.63, 3.8) is 0 Å². The fourth-order valence-corrected chi connectivity index (χ4v) is 4.71. The minimum Gasteiger partial charge on any atom is -0.302 e. The van der Waals surface area contributed by atoms with Crippen molar-refractivity contribution in [3.8, 4) is 0 Å². The molecule has 1 saturated carbocycles. The van der Waals surface area contributed by atoms with Crippen LogP contribution < -0.4 is 0 Å². The van der Waals surface area contributed by atoms with E-state index in [1.54, 1.807) is 0 Å². The van der Waals surface area contributed by atoms with Gasteiger partial charge >= 0.3 is 0 Å². The topological polar surface area (TPSA) is 34.0 Å². The SMILES string of the molecule is Cc1nn(C)c2cc(C34CCCCC3N(C)CC4)ncc12. The first-order chi connectivity index (χ1) is 10.1. The Morgan fingerprint density at radius 1 is 1.24 bits per heavy atom. The zero-order chi connectivity index (χ0) is 14.6. The molecule has 1 saturated heterocycles. The molecule has 4 nitrogen and oxygen atoms in total. The third-order valence-corrected chi connectivity index (χ3v) is 5.86. The molecule has 1 aliphatic carbocycles. The van der Waals surface area contributed by atoms with Crippen molar-refractivity contribution in [3.05, 3.63) is 23.7 Å². The zero-order valence-corrected chi connectivity index (χ0v) is 13.3. The second-order valence-electron chi connectivity index (χ2n) is 6.94. The van der Waals surface area contributed by atoms with Gasteiger partial charge in [0.05, 0.1) is 16.9 Å². The van der Waals surface area contributed by atoms with Crippen LogP contribution in [0.1, 0.15) is 43.5 Å². The molecular formula is C17H24N4. The summed E-state index contributed by atoms with van der Waals surface area (Å²) in [6.07, 6.45) is 8.62. The van der Waals surface area contributed by atoms with Crippen LogP contribution in [0, 0.1) is 6.92 Å². The van der Waals surface area contributed by atoms with Crippen LogP contribution in [-0.2, 0) is 12.5 Å². The van der Waals surface area contributed by atoms with Gasteiger partial charge in [-0.15, -0.1) is 0 Å². The van der Waals surface area contributed by atoms with Crippen molar-refractivity contribution < 1.29 is 0 Å². The van der Waals surface area contributed by atoms with Gasteiger partial charge in [-0.05, 0) is 45.8 Å². The molecule has 2 fully saturated rings. The Labute approximate surface area is 126 Å². The number of likely N-dealkylation sites (N-methyl/N-ethyl adjacent to an activating group) is 1. The predicted molar refractivity (Wildman–Crippen MR) is 84.4 cm³/mol. The first-order valence-corrected chi connectivity index (χ1v) is 8.12. The average molecular weight is 284 g/mol. The lowest BCUT2D eigenvalue weighted by Gasteiger charge is -2.40. The molecule has 112 valence electrons. The maximum atomic E-state index is 4.89. The molecule has 0 radical (unpaired) electrons. The molecule has 0 aromatic carbocycles. The third kappa shape index (κ3) is 1.78. The number of fused-ring (bicyclic) bond motifs is 2. The molecule has 0 N–H and O–H groups in total. The van der Waals surface area contributed by atoms with E-state index in [2.05, 4.69) is 30.0 Å². The van der Waals surface area contributed by atoms with Crippen molar-refractivity contribution in [1.82, 2.24) is 19.7 Å². The summed E-state index contributed by atoms with van der Waals surface area (Å²) in [4.78, 5) is 7.45. The van der Waals surface area contributed by atoms with E-state index < -0.39 is 0 Å². The zero-order valence-electron chi connectivity index (χ0n) is 13.3. The minimum atomic E-state index is 0.277. The number of pyridine rings is 1. The Morgan fingerprint density at radius 3 is 2.95 bits per heavy atom. The van der Waals surface area contributed by atoms with Crippen molar-refractivity contribution in [2.45, 2.75) is 50.5 Å². The molecule has 2 unspecified atom stereocenters. The van der Waals surface area contributed by atoms with Gasteiger partial charge in [0.25, 0.3) is 0 Å². The summed E-state index contributed by atoms with van der Waals surface area (Å²) in [7, 11) is 4.32. The van der Waals surface area contributed by atoms with Gasteiger partial charge in [-0.2, -0.15) is 5.10 Å². The number of hydrogen-bond donors (Lipinski definition) is 0. The Hall–Kier alpha value is -1.42. The molecule has 2 aromatic rings. The number of aromatic nitrogens is 3. The van der Waals surface area contributed by atoms with Crippen LogP contribution in [0.3, 0.4) is 0 Å². The second-order valence-corrected chi connectivity index (χ2v) is 6.94. The third-order valence-electron chi connectivity index (χ3n) is 5.86.